The normalized spacial score (nSPS) is 15.3. The second-order valence-electron chi connectivity index (χ2n) is 6.09. The van der Waals surface area contributed by atoms with Crippen LogP contribution < -0.4 is 10.1 Å². The summed E-state index contributed by atoms with van der Waals surface area (Å²) in [6.07, 6.45) is 2.01. The Labute approximate surface area is 143 Å². The lowest BCUT2D eigenvalue weighted by Crippen LogP contribution is -2.45. The molecule has 1 aliphatic heterocycles. The molecule has 1 amide bonds. The Kier molecular flexibility index (Phi) is 5.49. The topological polar surface area (TPSA) is 41.6 Å². The average molecular weight is 324 g/mol. The standard InChI is InChI=1S/C20H24N2O2/c1-21-17-11-13-22(14-12-17)20(23)15-24-19-10-6-5-9-18(19)16-7-3-2-4-8-16/h2-10,17,21H,11-15H2,1H3. The van der Waals surface area contributed by atoms with E-state index in [2.05, 4.69) is 5.32 Å². The first-order chi connectivity index (χ1) is 11.8. The minimum atomic E-state index is 0.0624. The van der Waals surface area contributed by atoms with Crippen molar-refractivity contribution in [3.8, 4) is 16.9 Å². The number of carbonyl (C=O) groups is 1. The van der Waals surface area contributed by atoms with Gasteiger partial charge in [0.25, 0.3) is 5.91 Å². The highest BCUT2D eigenvalue weighted by Gasteiger charge is 2.22. The lowest BCUT2D eigenvalue weighted by molar-refractivity contribution is -0.134. The Hall–Kier alpha value is -2.33. The highest BCUT2D eigenvalue weighted by Crippen LogP contribution is 2.29. The highest BCUT2D eigenvalue weighted by atomic mass is 16.5. The number of carbonyl (C=O) groups excluding carboxylic acids is 1. The number of piperidine rings is 1. The van der Waals surface area contributed by atoms with Gasteiger partial charge < -0.3 is 15.0 Å². The maximum atomic E-state index is 12.4. The third-order valence-electron chi connectivity index (χ3n) is 4.58. The number of para-hydroxylation sites is 1. The number of nitrogens with zero attached hydrogens (tertiary/aromatic N) is 1. The van der Waals surface area contributed by atoms with Crippen LogP contribution in [0.5, 0.6) is 5.75 Å². The van der Waals surface area contributed by atoms with Crippen LogP contribution in [0.15, 0.2) is 54.6 Å². The molecule has 0 atom stereocenters. The van der Waals surface area contributed by atoms with Crippen LogP contribution in [-0.2, 0) is 4.79 Å². The smallest absolute Gasteiger partial charge is 0.260 e. The van der Waals surface area contributed by atoms with Crippen LogP contribution in [0, 0.1) is 0 Å². The van der Waals surface area contributed by atoms with Crippen LogP contribution in [0.2, 0.25) is 0 Å². The second-order valence-corrected chi connectivity index (χ2v) is 6.09. The largest absolute Gasteiger partial charge is 0.483 e. The molecule has 4 nitrogen and oxygen atoms in total. The molecule has 1 heterocycles. The van der Waals surface area contributed by atoms with Crippen molar-refractivity contribution in [3.05, 3.63) is 54.6 Å². The van der Waals surface area contributed by atoms with Crippen molar-refractivity contribution in [2.75, 3.05) is 26.7 Å². The molecule has 3 rings (SSSR count). The zero-order chi connectivity index (χ0) is 16.8. The van der Waals surface area contributed by atoms with Crippen molar-refractivity contribution in [1.82, 2.24) is 10.2 Å². The summed E-state index contributed by atoms with van der Waals surface area (Å²) >= 11 is 0. The molecule has 1 N–H and O–H groups in total. The average Bonchev–Trinajstić information content (AvgIpc) is 2.67. The molecule has 0 aliphatic carbocycles. The van der Waals surface area contributed by atoms with E-state index in [0.29, 0.717) is 6.04 Å². The fourth-order valence-corrected chi connectivity index (χ4v) is 3.10. The lowest BCUT2D eigenvalue weighted by atomic mass is 10.0. The summed E-state index contributed by atoms with van der Waals surface area (Å²) in [7, 11) is 1.98. The van der Waals surface area contributed by atoms with Gasteiger partial charge in [-0.15, -0.1) is 0 Å². The molecule has 1 fully saturated rings. The molecule has 1 aliphatic rings. The third kappa shape index (κ3) is 3.95. The van der Waals surface area contributed by atoms with Crippen LogP contribution in [0.3, 0.4) is 0 Å². The first-order valence-corrected chi connectivity index (χ1v) is 8.50. The molecule has 0 aromatic heterocycles. The van der Waals surface area contributed by atoms with Gasteiger partial charge in [-0.2, -0.15) is 0 Å². The molecule has 0 saturated carbocycles. The van der Waals surface area contributed by atoms with Crippen molar-refractivity contribution in [2.45, 2.75) is 18.9 Å². The Bertz CT molecular complexity index is 664. The van der Waals surface area contributed by atoms with Gasteiger partial charge in [0, 0.05) is 24.7 Å². The molecule has 126 valence electrons. The van der Waals surface area contributed by atoms with Crippen molar-refractivity contribution in [1.29, 1.82) is 0 Å². The van der Waals surface area contributed by atoms with E-state index < -0.39 is 0 Å². The van der Waals surface area contributed by atoms with Gasteiger partial charge in [-0.25, -0.2) is 0 Å². The zero-order valence-corrected chi connectivity index (χ0v) is 14.1. The molecule has 0 unspecified atom stereocenters. The van der Waals surface area contributed by atoms with Crippen molar-refractivity contribution in [3.63, 3.8) is 0 Å². The van der Waals surface area contributed by atoms with Crippen LogP contribution >= 0.6 is 0 Å². The van der Waals surface area contributed by atoms with Crippen LogP contribution in [0.25, 0.3) is 11.1 Å². The molecule has 24 heavy (non-hydrogen) atoms. The van der Waals surface area contributed by atoms with E-state index in [1.165, 1.54) is 0 Å². The molecule has 0 bridgehead atoms. The fraction of sp³-hybridized carbons (Fsp3) is 0.350. The van der Waals surface area contributed by atoms with E-state index in [0.717, 1.165) is 42.8 Å². The summed E-state index contributed by atoms with van der Waals surface area (Å²) in [4.78, 5) is 14.3. The molecule has 4 heteroatoms. The van der Waals surface area contributed by atoms with E-state index in [-0.39, 0.29) is 12.5 Å². The highest BCUT2D eigenvalue weighted by molar-refractivity contribution is 5.78. The van der Waals surface area contributed by atoms with E-state index in [1.807, 2.05) is 66.5 Å². The minimum absolute atomic E-state index is 0.0624. The van der Waals surface area contributed by atoms with E-state index in [9.17, 15) is 4.79 Å². The Balaban J connectivity index is 1.62. The van der Waals surface area contributed by atoms with Crippen molar-refractivity contribution < 1.29 is 9.53 Å². The number of ether oxygens (including phenoxy) is 1. The predicted molar refractivity (Wildman–Crippen MR) is 96.0 cm³/mol. The number of hydrogen-bond donors (Lipinski definition) is 1. The summed E-state index contributed by atoms with van der Waals surface area (Å²) in [5.74, 6) is 0.814. The first kappa shape index (κ1) is 16.5. The molecular weight excluding hydrogens is 300 g/mol. The van der Waals surface area contributed by atoms with Crippen LogP contribution in [0.1, 0.15) is 12.8 Å². The van der Waals surface area contributed by atoms with Gasteiger partial charge in [0.15, 0.2) is 6.61 Å². The number of nitrogens with one attached hydrogen (secondary N) is 1. The molecular formula is C20H24N2O2. The monoisotopic (exact) mass is 324 g/mol. The Morgan fingerprint density at radius 1 is 1.08 bits per heavy atom. The van der Waals surface area contributed by atoms with Crippen LogP contribution in [-0.4, -0.2) is 43.6 Å². The van der Waals surface area contributed by atoms with Gasteiger partial charge in [-0.1, -0.05) is 48.5 Å². The summed E-state index contributed by atoms with van der Waals surface area (Å²) in [6.45, 7) is 1.69. The second kappa shape index (κ2) is 7.97. The molecule has 2 aromatic carbocycles. The van der Waals surface area contributed by atoms with Gasteiger partial charge in [-0.05, 0) is 31.5 Å². The van der Waals surface area contributed by atoms with Crippen molar-refractivity contribution in [2.24, 2.45) is 0 Å². The van der Waals surface area contributed by atoms with Gasteiger partial charge in [0.1, 0.15) is 5.75 Å². The predicted octanol–water partition coefficient (Wildman–Crippen LogP) is 2.94. The Morgan fingerprint density at radius 3 is 2.46 bits per heavy atom. The van der Waals surface area contributed by atoms with Gasteiger partial charge >= 0.3 is 0 Å². The summed E-state index contributed by atoms with van der Waals surface area (Å²) in [5, 5.41) is 3.28. The third-order valence-corrected chi connectivity index (χ3v) is 4.58. The Morgan fingerprint density at radius 2 is 1.75 bits per heavy atom. The minimum Gasteiger partial charge on any atom is -0.483 e. The van der Waals surface area contributed by atoms with Gasteiger partial charge in [-0.3, -0.25) is 4.79 Å². The van der Waals surface area contributed by atoms with E-state index in [4.69, 9.17) is 4.74 Å². The lowest BCUT2D eigenvalue weighted by Gasteiger charge is -2.31. The molecule has 1 saturated heterocycles. The van der Waals surface area contributed by atoms with Gasteiger partial charge in [0.2, 0.25) is 0 Å². The quantitative estimate of drug-likeness (QED) is 0.919. The number of benzene rings is 2. The maximum absolute atomic E-state index is 12.4. The summed E-state index contributed by atoms with van der Waals surface area (Å²) in [6, 6.07) is 18.5. The van der Waals surface area contributed by atoms with Gasteiger partial charge in [0.05, 0.1) is 0 Å². The van der Waals surface area contributed by atoms with Crippen molar-refractivity contribution >= 4 is 5.91 Å². The number of amides is 1. The summed E-state index contributed by atoms with van der Waals surface area (Å²) in [5.41, 5.74) is 2.11. The molecule has 0 radical (unpaired) electrons. The number of likely N-dealkylation sites (tertiary alicyclic amines) is 1. The summed E-state index contributed by atoms with van der Waals surface area (Å²) < 4.78 is 5.85. The number of hydrogen-bond acceptors (Lipinski definition) is 3. The maximum Gasteiger partial charge on any atom is 0.260 e. The molecule has 2 aromatic rings. The molecule has 0 spiro atoms. The first-order valence-electron chi connectivity index (χ1n) is 8.50. The number of rotatable bonds is 5. The van der Waals surface area contributed by atoms with E-state index in [1.54, 1.807) is 0 Å². The SMILES string of the molecule is CNC1CCN(C(=O)COc2ccccc2-c2ccccc2)CC1. The van der Waals surface area contributed by atoms with E-state index >= 15 is 0 Å². The fourth-order valence-electron chi connectivity index (χ4n) is 3.10. The zero-order valence-electron chi connectivity index (χ0n) is 14.1. The van der Waals surface area contributed by atoms with Crippen LogP contribution in [0.4, 0.5) is 0 Å².